The molecule has 2 rings (SSSR count). The van der Waals surface area contributed by atoms with E-state index < -0.39 is 0 Å². The fourth-order valence-electron chi connectivity index (χ4n) is 2.52. The van der Waals surface area contributed by atoms with Crippen LogP contribution in [-0.2, 0) is 9.53 Å². The summed E-state index contributed by atoms with van der Waals surface area (Å²) in [6.07, 6.45) is 1.90. The van der Waals surface area contributed by atoms with Crippen LogP contribution in [0.5, 0.6) is 17.2 Å². The quantitative estimate of drug-likeness (QED) is 0.637. The third-order valence-corrected chi connectivity index (χ3v) is 3.88. The summed E-state index contributed by atoms with van der Waals surface area (Å²) in [7, 11) is 3.18. The molecule has 3 N–H and O–H groups in total. The molecule has 0 saturated carbocycles. The monoisotopic (exact) mass is 374 g/mol. The maximum atomic E-state index is 12.0. The van der Waals surface area contributed by atoms with E-state index in [2.05, 4.69) is 5.32 Å². The van der Waals surface area contributed by atoms with Crippen LogP contribution in [0.2, 0.25) is 0 Å². The Morgan fingerprint density at radius 3 is 2.40 bits per heavy atom. The van der Waals surface area contributed by atoms with Gasteiger partial charge in [-0.3, -0.25) is 4.79 Å². The van der Waals surface area contributed by atoms with Crippen molar-refractivity contribution < 1.29 is 23.7 Å². The van der Waals surface area contributed by atoms with Gasteiger partial charge in [0.05, 0.1) is 26.9 Å². The molecule has 0 unspecified atom stereocenters. The van der Waals surface area contributed by atoms with Crippen LogP contribution in [0, 0.1) is 0 Å². The molecule has 0 spiro atoms. The van der Waals surface area contributed by atoms with Gasteiger partial charge in [0.2, 0.25) is 5.91 Å². The third kappa shape index (κ3) is 6.61. The zero-order valence-electron chi connectivity index (χ0n) is 14.7. The fourth-order valence-corrected chi connectivity index (χ4v) is 2.52. The number of amides is 1. The lowest BCUT2D eigenvalue weighted by molar-refractivity contribution is -0.131. The van der Waals surface area contributed by atoms with Crippen LogP contribution in [0.1, 0.15) is 19.3 Å². The van der Waals surface area contributed by atoms with E-state index in [0.717, 1.165) is 12.8 Å². The minimum absolute atomic E-state index is 0. The number of nitrogens with one attached hydrogen (secondary N) is 1. The van der Waals surface area contributed by atoms with E-state index in [0.29, 0.717) is 43.4 Å². The molecule has 1 heterocycles. The third-order valence-electron chi connectivity index (χ3n) is 3.88. The molecule has 142 valence electrons. The molecule has 1 aliphatic heterocycles. The predicted octanol–water partition coefficient (Wildman–Crippen LogP) is 1.52. The number of rotatable bonds is 9. The number of hydrogen-bond acceptors (Lipinski definition) is 6. The van der Waals surface area contributed by atoms with Crippen LogP contribution in [0.3, 0.4) is 0 Å². The summed E-state index contributed by atoms with van der Waals surface area (Å²) in [6.45, 7) is 1.47. The van der Waals surface area contributed by atoms with Crippen LogP contribution >= 0.6 is 12.4 Å². The van der Waals surface area contributed by atoms with Crippen molar-refractivity contribution >= 4 is 18.3 Å². The lowest BCUT2D eigenvalue weighted by Crippen LogP contribution is -2.36. The van der Waals surface area contributed by atoms with Crippen molar-refractivity contribution in [2.45, 2.75) is 31.5 Å². The Balaban J connectivity index is 0.00000312. The van der Waals surface area contributed by atoms with E-state index in [1.54, 1.807) is 32.4 Å². The van der Waals surface area contributed by atoms with E-state index in [1.807, 2.05) is 0 Å². The smallest absolute Gasteiger partial charge is 0.249 e. The Hall–Kier alpha value is -1.70. The lowest BCUT2D eigenvalue weighted by atomic mass is 10.2. The van der Waals surface area contributed by atoms with Gasteiger partial charge in [-0.2, -0.15) is 0 Å². The molecule has 0 aliphatic carbocycles. The van der Waals surface area contributed by atoms with Gasteiger partial charge in [-0.05, 0) is 19.3 Å². The van der Waals surface area contributed by atoms with Crippen LogP contribution < -0.4 is 25.3 Å². The van der Waals surface area contributed by atoms with Gasteiger partial charge in [0, 0.05) is 31.3 Å². The predicted molar refractivity (Wildman–Crippen MR) is 96.9 cm³/mol. The van der Waals surface area contributed by atoms with Crippen molar-refractivity contribution in [2.24, 2.45) is 5.73 Å². The summed E-state index contributed by atoms with van der Waals surface area (Å²) < 4.78 is 21.6. The normalized spacial score (nSPS) is 19.0. The molecule has 25 heavy (non-hydrogen) atoms. The summed E-state index contributed by atoms with van der Waals surface area (Å²) in [5.74, 6) is 1.94. The minimum Gasteiger partial charge on any atom is -0.496 e. The summed E-state index contributed by atoms with van der Waals surface area (Å²) >= 11 is 0. The first-order valence-corrected chi connectivity index (χ1v) is 8.15. The SMILES string of the molecule is COc1cc(OC)cc(OCCCNC(=O)[C@@H]2CC[C@H](CN)O2)c1.Cl. The van der Waals surface area contributed by atoms with Crippen LogP contribution in [-0.4, -0.2) is 52.0 Å². The van der Waals surface area contributed by atoms with Crippen molar-refractivity contribution in [1.29, 1.82) is 0 Å². The van der Waals surface area contributed by atoms with Crippen molar-refractivity contribution in [3.8, 4) is 17.2 Å². The molecule has 1 aromatic carbocycles. The maximum Gasteiger partial charge on any atom is 0.249 e. The van der Waals surface area contributed by atoms with E-state index in [4.69, 9.17) is 24.7 Å². The Morgan fingerprint density at radius 1 is 1.20 bits per heavy atom. The van der Waals surface area contributed by atoms with Crippen LogP contribution in [0.15, 0.2) is 18.2 Å². The first-order chi connectivity index (χ1) is 11.7. The van der Waals surface area contributed by atoms with E-state index in [-0.39, 0.29) is 30.5 Å². The second kappa shape index (κ2) is 11.0. The number of hydrogen-bond donors (Lipinski definition) is 2. The van der Waals surface area contributed by atoms with Gasteiger partial charge in [-0.25, -0.2) is 0 Å². The van der Waals surface area contributed by atoms with E-state index in [9.17, 15) is 4.79 Å². The molecule has 0 radical (unpaired) electrons. The molecule has 2 atom stereocenters. The highest BCUT2D eigenvalue weighted by Gasteiger charge is 2.29. The molecule has 1 amide bonds. The molecule has 7 nitrogen and oxygen atoms in total. The van der Waals surface area contributed by atoms with Crippen molar-refractivity contribution in [2.75, 3.05) is 33.9 Å². The summed E-state index contributed by atoms with van der Waals surface area (Å²) in [5.41, 5.74) is 5.54. The number of benzene rings is 1. The van der Waals surface area contributed by atoms with Crippen molar-refractivity contribution in [3.05, 3.63) is 18.2 Å². The molecule has 1 aromatic rings. The number of carbonyl (C=O) groups excluding carboxylic acids is 1. The minimum atomic E-state index is -0.373. The van der Waals surface area contributed by atoms with Gasteiger partial charge in [-0.15, -0.1) is 12.4 Å². The fraction of sp³-hybridized carbons (Fsp3) is 0.588. The van der Waals surface area contributed by atoms with Gasteiger partial charge in [0.15, 0.2) is 0 Å². The Kier molecular flexibility index (Phi) is 9.41. The van der Waals surface area contributed by atoms with Crippen molar-refractivity contribution in [1.82, 2.24) is 5.32 Å². The number of carbonyl (C=O) groups is 1. The molecule has 8 heteroatoms. The highest BCUT2D eigenvalue weighted by atomic mass is 35.5. The standard InChI is InChI=1S/C17H26N2O5.ClH/c1-21-13-8-14(22-2)10-15(9-13)23-7-3-6-19-17(20)16-5-4-12(11-18)24-16;/h8-10,12,16H,3-7,11,18H2,1-2H3,(H,19,20);1H/t12-,16+;/m1./s1. The van der Waals surface area contributed by atoms with E-state index >= 15 is 0 Å². The number of ether oxygens (including phenoxy) is 4. The lowest BCUT2D eigenvalue weighted by Gasteiger charge is -2.13. The van der Waals surface area contributed by atoms with Gasteiger partial charge in [-0.1, -0.05) is 0 Å². The first-order valence-electron chi connectivity index (χ1n) is 8.15. The molecular weight excluding hydrogens is 348 g/mol. The largest absolute Gasteiger partial charge is 0.496 e. The number of nitrogens with two attached hydrogens (primary N) is 1. The summed E-state index contributed by atoms with van der Waals surface area (Å²) in [4.78, 5) is 12.0. The second-order valence-corrected chi connectivity index (χ2v) is 5.60. The maximum absolute atomic E-state index is 12.0. The van der Waals surface area contributed by atoms with Gasteiger partial charge in [0.25, 0.3) is 0 Å². The highest BCUT2D eigenvalue weighted by Crippen LogP contribution is 2.27. The first kappa shape index (κ1) is 21.3. The van der Waals surface area contributed by atoms with E-state index in [1.165, 1.54) is 0 Å². The zero-order valence-corrected chi connectivity index (χ0v) is 15.5. The van der Waals surface area contributed by atoms with Crippen molar-refractivity contribution in [3.63, 3.8) is 0 Å². The molecule has 0 bridgehead atoms. The van der Waals surface area contributed by atoms with Gasteiger partial charge < -0.3 is 30.0 Å². The topological polar surface area (TPSA) is 92.0 Å². The number of halogens is 1. The van der Waals surface area contributed by atoms with Crippen LogP contribution in [0.4, 0.5) is 0 Å². The molecule has 1 saturated heterocycles. The van der Waals surface area contributed by atoms with Gasteiger partial charge in [0.1, 0.15) is 23.4 Å². The molecule has 0 aromatic heterocycles. The molecule has 1 aliphatic rings. The average molecular weight is 375 g/mol. The summed E-state index contributed by atoms with van der Waals surface area (Å²) in [5, 5.41) is 2.87. The zero-order chi connectivity index (χ0) is 17.4. The Morgan fingerprint density at radius 2 is 1.84 bits per heavy atom. The average Bonchev–Trinajstić information content (AvgIpc) is 3.10. The Bertz CT molecular complexity index is 522. The summed E-state index contributed by atoms with van der Waals surface area (Å²) in [6, 6.07) is 5.37. The second-order valence-electron chi connectivity index (χ2n) is 5.60. The molecule has 1 fully saturated rings. The highest BCUT2D eigenvalue weighted by molar-refractivity contribution is 5.85. The Labute approximate surface area is 154 Å². The van der Waals surface area contributed by atoms with Gasteiger partial charge >= 0.3 is 0 Å². The molecular formula is C17H27ClN2O5. The number of methoxy groups -OCH3 is 2. The van der Waals surface area contributed by atoms with Crippen LogP contribution in [0.25, 0.3) is 0 Å².